The van der Waals surface area contributed by atoms with Crippen LogP contribution in [0.25, 0.3) is 10.9 Å². The van der Waals surface area contributed by atoms with Crippen LogP contribution in [-0.2, 0) is 0 Å². The predicted molar refractivity (Wildman–Crippen MR) is 129 cm³/mol. The van der Waals surface area contributed by atoms with Crippen LogP contribution in [0.3, 0.4) is 0 Å². The Bertz CT molecular complexity index is 1120. The summed E-state index contributed by atoms with van der Waals surface area (Å²) in [4.78, 5) is 4.51. The summed E-state index contributed by atoms with van der Waals surface area (Å²) < 4.78 is 6.40. The summed E-state index contributed by atoms with van der Waals surface area (Å²) in [5, 5.41) is 12.8. The number of aliphatic hydroxyl groups is 1. The molecule has 1 saturated carbocycles. The van der Waals surface area contributed by atoms with Crippen molar-refractivity contribution in [3.63, 3.8) is 0 Å². The van der Waals surface area contributed by atoms with Gasteiger partial charge in [0.1, 0.15) is 30.0 Å². The molecule has 0 radical (unpaired) electrons. The highest BCUT2D eigenvalue weighted by molar-refractivity contribution is 5.84. The lowest BCUT2D eigenvalue weighted by Gasteiger charge is -2.70. The molecule has 4 heteroatoms. The van der Waals surface area contributed by atoms with E-state index in [1.807, 2.05) is 42.6 Å². The molecule has 2 saturated heterocycles. The van der Waals surface area contributed by atoms with Gasteiger partial charge < -0.3 is 14.3 Å². The van der Waals surface area contributed by atoms with Crippen molar-refractivity contribution >= 4 is 10.9 Å². The number of hydrogen-bond donors (Lipinski definition) is 1. The molecular formula is C28H33N2O2+. The molecule has 2 aliphatic heterocycles. The maximum atomic E-state index is 11.8. The van der Waals surface area contributed by atoms with Crippen LogP contribution >= 0.6 is 0 Å². The SMILES string of the molecule is C=C/C=C(\C=C)C[N+]12CCC3C(C=C)CC31CC2C(O)c1ccnc2ccc(OC)cc12. The summed E-state index contributed by atoms with van der Waals surface area (Å²) in [6.45, 7) is 14.0. The minimum absolute atomic E-state index is 0.149. The van der Waals surface area contributed by atoms with Crippen LogP contribution in [-0.4, -0.2) is 46.4 Å². The van der Waals surface area contributed by atoms with Gasteiger partial charge in [-0.25, -0.2) is 0 Å². The Balaban J connectivity index is 1.55. The lowest BCUT2D eigenvalue weighted by atomic mass is 9.51. The smallest absolute Gasteiger partial charge is 0.132 e. The molecule has 4 nitrogen and oxygen atoms in total. The van der Waals surface area contributed by atoms with Gasteiger partial charge in [0.2, 0.25) is 0 Å². The average Bonchev–Trinajstić information content (AvgIpc) is 2.97. The van der Waals surface area contributed by atoms with E-state index >= 15 is 0 Å². The highest BCUT2D eigenvalue weighted by Crippen LogP contribution is 2.69. The normalized spacial score (nSPS) is 33.9. The van der Waals surface area contributed by atoms with E-state index in [0.717, 1.165) is 46.2 Å². The molecule has 6 unspecified atom stereocenters. The average molecular weight is 430 g/mol. The largest absolute Gasteiger partial charge is 0.497 e. The molecule has 3 aliphatic rings. The van der Waals surface area contributed by atoms with E-state index in [9.17, 15) is 5.11 Å². The Hall–Kier alpha value is -2.69. The molecule has 5 rings (SSSR count). The topological polar surface area (TPSA) is 42.4 Å². The first kappa shape index (κ1) is 21.2. The van der Waals surface area contributed by atoms with Crippen molar-refractivity contribution in [1.82, 2.24) is 4.98 Å². The first-order chi connectivity index (χ1) is 15.5. The van der Waals surface area contributed by atoms with Crippen molar-refractivity contribution in [3.05, 3.63) is 85.6 Å². The van der Waals surface area contributed by atoms with Gasteiger partial charge in [-0.15, -0.1) is 6.58 Å². The van der Waals surface area contributed by atoms with Gasteiger partial charge in [-0.05, 0) is 35.7 Å². The lowest BCUT2D eigenvalue weighted by molar-refractivity contribution is -1.04. The molecule has 3 heterocycles. The third-order valence-corrected chi connectivity index (χ3v) is 8.75. The number of pyridine rings is 1. The summed E-state index contributed by atoms with van der Waals surface area (Å²) in [7, 11) is 1.67. The first-order valence-electron chi connectivity index (χ1n) is 11.6. The van der Waals surface area contributed by atoms with Crippen molar-refractivity contribution in [1.29, 1.82) is 0 Å². The van der Waals surface area contributed by atoms with Crippen LogP contribution in [0, 0.1) is 11.8 Å². The van der Waals surface area contributed by atoms with Gasteiger partial charge in [0.25, 0.3) is 0 Å². The Morgan fingerprint density at radius 3 is 2.88 bits per heavy atom. The fraction of sp³-hybridized carbons (Fsp3) is 0.393. The van der Waals surface area contributed by atoms with Gasteiger partial charge in [0, 0.05) is 35.9 Å². The van der Waals surface area contributed by atoms with Gasteiger partial charge in [-0.1, -0.05) is 37.5 Å². The predicted octanol–water partition coefficient (Wildman–Crippen LogP) is 5.13. The number of fused-ring (bicyclic) bond motifs is 1. The molecule has 166 valence electrons. The number of aromatic nitrogens is 1. The third-order valence-electron chi connectivity index (χ3n) is 8.75. The second-order valence-electron chi connectivity index (χ2n) is 9.70. The molecule has 1 spiro atoms. The van der Waals surface area contributed by atoms with E-state index in [1.54, 1.807) is 7.11 Å². The van der Waals surface area contributed by atoms with Crippen LogP contribution in [0.1, 0.15) is 30.9 Å². The Kier molecular flexibility index (Phi) is 5.11. The fourth-order valence-corrected chi connectivity index (χ4v) is 7.25. The van der Waals surface area contributed by atoms with Crippen LogP contribution < -0.4 is 4.74 Å². The quantitative estimate of drug-likeness (QED) is 0.359. The minimum Gasteiger partial charge on any atom is -0.497 e. The van der Waals surface area contributed by atoms with Crippen molar-refractivity contribution in [2.24, 2.45) is 11.8 Å². The van der Waals surface area contributed by atoms with Crippen LogP contribution in [0.2, 0.25) is 0 Å². The zero-order chi connectivity index (χ0) is 22.5. The third kappa shape index (κ3) is 2.72. The number of ether oxygens (including phenoxy) is 1. The summed E-state index contributed by atoms with van der Waals surface area (Å²) >= 11 is 0. The van der Waals surface area contributed by atoms with E-state index in [0.29, 0.717) is 11.8 Å². The zero-order valence-corrected chi connectivity index (χ0v) is 18.9. The number of benzene rings is 1. The first-order valence-corrected chi connectivity index (χ1v) is 11.6. The molecule has 6 atom stereocenters. The standard InChI is InChI=1S/C28H33N2O2/c1-5-8-19(6-2)18-30-14-12-24-20(7-3)16-28(24,30)17-26(30)27(31)22-11-13-29-25-10-9-21(32-4)15-23(22)25/h5-11,13,15,20,24,26-27,31H,1-3,12,14,16-18H2,4H3/q+1/b19-8+. The van der Waals surface area contributed by atoms with E-state index < -0.39 is 6.10 Å². The van der Waals surface area contributed by atoms with Crippen LogP contribution in [0.5, 0.6) is 5.75 Å². The maximum Gasteiger partial charge on any atom is 0.132 e. The molecule has 0 bridgehead atoms. The molecule has 1 aromatic heterocycles. The Morgan fingerprint density at radius 2 is 2.16 bits per heavy atom. The Labute approximate surface area is 190 Å². The number of nitrogens with zero attached hydrogens (tertiary/aromatic N) is 2. The van der Waals surface area contributed by atoms with E-state index in [2.05, 4.69) is 36.9 Å². The van der Waals surface area contributed by atoms with Crippen molar-refractivity contribution in [2.45, 2.75) is 36.9 Å². The summed E-state index contributed by atoms with van der Waals surface area (Å²) in [5.74, 6) is 2.06. The zero-order valence-electron chi connectivity index (χ0n) is 18.9. The van der Waals surface area contributed by atoms with Crippen LogP contribution in [0.15, 0.2) is 80.1 Å². The Morgan fingerprint density at radius 1 is 1.31 bits per heavy atom. The van der Waals surface area contributed by atoms with Crippen molar-refractivity contribution < 1.29 is 14.3 Å². The number of rotatable bonds is 8. The molecule has 2 aromatic rings. The number of aliphatic hydroxyl groups excluding tert-OH is 1. The number of methoxy groups -OCH3 is 1. The monoisotopic (exact) mass is 429 g/mol. The second-order valence-corrected chi connectivity index (χ2v) is 9.70. The number of allylic oxidation sites excluding steroid dienone is 3. The summed E-state index contributed by atoms with van der Waals surface area (Å²) in [5.41, 5.74) is 3.28. The molecule has 32 heavy (non-hydrogen) atoms. The summed E-state index contributed by atoms with van der Waals surface area (Å²) in [6, 6.07) is 8.00. The van der Waals surface area contributed by atoms with Gasteiger partial charge in [0.15, 0.2) is 0 Å². The van der Waals surface area contributed by atoms with Gasteiger partial charge in [0.05, 0.1) is 25.6 Å². The van der Waals surface area contributed by atoms with Gasteiger partial charge in [-0.3, -0.25) is 4.98 Å². The van der Waals surface area contributed by atoms with E-state index in [-0.39, 0.29) is 11.6 Å². The highest BCUT2D eigenvalue weighted by Gasteiger charge is 2.79. The maximum absolute atomic E-state index is 11.8. The van der Waals surface area contributed by atoms with Gasteiger partial charge >= 0.3 is 0 Å². The fourth-order valence-electron chi connectivity index (χ4n) is 7.25. The molecule has 0 amide bonds. The number of hydrogen-bond acceptors (Lipinski definition) is 3. The second kappa shape index (κ2) is 7.72. The summed E-state index contributed by atoms with van der Waals surface area (Å²) in [6.07, 6.45) is 12.7. The lowest BCUT2D eigenvalue weighted by Crippen LogP contribution is -2.83. The molecule has 1 N–H and O–H groups in total. The minimum atomic E-state index is -0.561. The van der Waals surface area contributed by atoms with E-state index in [4.69, 9.17) is 4.74 Å². The number of quaternary nitrogens is 1. The van der Waals surface area contributed by atoms with Gasteiger partial charge in [-0.2, -0.15) is 0 Å². The highest BCUT2D eigenvalue weighted by atomic mass is 16.5. The van der Waals surface area contributed by atoms with Crippen LogP contribution in [0.4, 0.5) is 0 Å². The molecule has 1 aromatic carbocycles. The van der Waals surface area contributed by atoms with Crippen molar-refractivity contribution in [3.8, 4) is 5.75 Å². The molecular weight excluding hydrogens is 396 g/mol. The molecule has 1 aliphatic carbocycles. The molecule has 3 fully saturated rings. The van der Waals surface area contributed by atoms with E-state index in [1.165, 1.54) is 18.4 Å². The van der Waals surface area contributed by atoms with Crippen molar-refractivity contribution in [2.75, 3.05) is 20.2 Å².